The summed E-state index contributed by atoms with van der Waals surface area (Å²) in [5.74, 6) is 0.907. The van der Waals surface area contributed by atoms with Crippen molar-refractivity contribution >= 4 is 18.5 Å². The van der Waals surface area contributed by atoms with E-state index in [4.69, 9.17) is 0 Å². The molecule has 0 spiro atoms. The van der Waals surface area contributed by atoms with Gasteiger partial charge in [-0.15, -0.1) is 0 Å². The second kappa shape index (κ2) is 4.17. The van der Waals surface area contributed by atoms with Gasteiger partial charge in [-0.3, -0.25) is 4.79 Å². The first kappa shape index (κ1) is 9.90. The van der Waals surface area contributed by atoms with Crippen LogP contribution in [0.4, 0.5) is 0 Å². The fourth-order valence-electron chi connectivity index (χ4n) is 1.70. The summed E-state index contributed by atoms with van der Waals surface area (Å²) in [5, 5.41) is 0.471. The lowest BCUT2D eigenvalue weighted by molar-refractivity contribution is -0.130. The minimum Gasteiger partial charge on any atom is -0.343 e. The fraction of sp³-hybridized carbons (Fsp3) is 0.889. The summed E-state index contributed by atoms with van der Waals surface area (Å²) >= 11 is 4.42. The normalized spacial score (nSPS) is 22.4. The SMILES string of the molecule is CC(=O)N1CCC(C(C)S)CC1. The Morgan fingerprint density at radius 2 is 2.00 bits per heavy atom. The first-order chi connectivity index (χ1) is 5.61. The van der Waals surface area contributed by atoms with Gasteiger partial charge in [0.05, 0.1) is 0 Å². The van der Waals surface area contributed by atoms with Crippen LogP contribution in [0, 0.1) is 5.92 Å². The molecule has 1 rings (SSSR count). The Balaban J connectivity index is 2.34. The third-order valence-corrected chi connectivity index (χ3v) is 3.09. The first-order valence-electron chi connectivity index (χ1n) is 4.55. The molecule has 0 aromatic rings. The molecule has 1 saturated heterocycles. The first-order valence-corrected chi connectivity index (χ1v) is 5.06. The van der Waals surface area contributed by atoms with E-state index in [-0.39, 0.29) is 5.91 Å². The average Bonchev–Trinajstić information content (AvgIpc) is 2.04. The van der Waals surface area contributed by atoms with Crippen LogP contribution in [-0.4, -0.2) is 29.1 Å². The summed E-state index contributed by atoms with van der Waals surface area (Å²) < 4.78 is 0. The predicted molar refractivity (Wildman–Crippen MR) is 53.4 cm³/mol. The molecule has 0 aromatic carbocycles. The molecule has 0 radical (unpaired) electrons. The predicted octanol–water partition coefficient (Wildman–Crippen LogP) is 1.56. The molecule has 12 heavy (non-hydrogen) atoms. The van der Waals surface area contributed by atoms with Gasteiger partial charge in [0, 0.05) is 25.3 Å². The summed E-state index contributed by atoms with van der Waals surface area (Å²) in [7, 11) is 0. The zero-order valence-electron chi connectivity index (χ0n) is 7.79. The second-order valence-corrected chi connectivity index (χ2v) is 4.40. The van der Waals surface area contributed by atoms with Crippen LogP contribution < -0.4 is 0 Å². The molecule has 0 bridgehead atoms. The Kier molecular flexibility index (Phi) is 3.44. The van der Waals surface area contributed by atoms with E-state index in [0.29, 0.717) is 11.2 Å². The van der Waals surface area contributed by atoms with Crippen molar-refractivity contribution in [1.29, 1.82) is 0 Å². The van der Waals surface area contributed by atoms with Crippen molar-refractivity contribution in [3.8, 4) is 0 Å². The van der Waals surface area contributed by atoms with Crippen LogP contribution in [0.15, 0.2) is 0 Å². The van der Waals surface area contributed by atoms with Crippen LogP contribution in [0.25, 0.3) is 0 Å². The van der Waals surface area contributed by atoms with E-state index in [9.17, 15) is 4.79 Å². The molecular formula is C9H17NOS. The summed E-state index contributed by atoms with van der Waals surface area (Å²) in [5.41, 5.74) is 0. The van der Waals surface area contributed by atoms with Gasteiger partial charge in [-0.25, -0.2) is 0 Å². The van der Waals surface area contributed by atoms with E-state index in [1.165, 1.54) is 0 Å². The highest BCUT2D eigenvalue weighted by Crippen LogP contribution is 2.23. The lowest BCUT2D eigenvalue weighted by atomic mass is 9.94. The van der Waals surface area contributed by atoms with Crippen molar-refractivity contribution < 1.29 is 4.79 Å². The number of thiol groups is 1. The van der Waals surface area contributed by atoms with Gasteiger partial charge < -0.3 is 4.90 Å². The summed E-state index contributed by atoms with van der Waals surface area (Å²) in [6.45, 7) is 5.62. The third-order valence-electron chi connectivity index (χ3n) is 2.67. The van der Waals surface area contributed by atoms with Crippen molar-refractivity contribution in [1.82, 2.24) is 4.90 Å². The number of likely N-dealkylation sites (tertiary alicyclic amines) is 1. The quantitative estimate of drug-likeness (QED) is 0.618. The standard InChI is InChI=1S/C9H17NOS/c1-7(12)9-3-5-10(6-4-9)8(2)11/h7,9,12H,3-6H2,1-2H3. The topological polar surface area (TPSA) is 20.3 Å². The number of hydrogen-bond acceptors (Lipinski definition) is 2. The number of rotatable bonds is 1. The van der Waals surface area contributed by atoms with Crippen molar-refractivity contribution in [2.45, 2.75) is 31.9 Å². The maximum Gasteiger partial charge on any atom is 0.219 e. The zero-order chi connectivity index (χ0) is 9.14. The number of hydrogen-bond donors (Lipinski definition) is 1. The molecule has 1 fully saturated rings. The Labute approximate surface area is 79.7 Å². The largest absolute Gasteiger partial charge is 0.343 e. The molecule has 1 amide bonds. The zero-order valence-corrected chi connectivity index (χ0v) is 8.68. The van der Waals surface area contributed by atoms with Crippen molar-refractivity contribution in [2.24, 2.45) is 5.92 Å². The maximum atomic E-state index is 11.0. The average molecular weight is 187 g/mol. The van der Waals surface area contributed by atoms with Crippen LogP contribution >= 0.6 is 12.6 Å². The van der Waals surface area contributed by atoms with Gasteiger partial charge in [-0.2, -0.15) is 12.6 Å². The molecule has 1 aliphatic rings. The lowest BCUT2D eigenvalue weighted by Crippen LogP contribution is -2.38. The van der Waals surface area contributed by atoms with Crippen molar-refractivity contribution in [2.75, 3.05) is 13.1 Å². The van der Waals surface area contributed by atoms with Crippen LogP contribution in [0.1, 0.15) is 26.7 Å². The second-order valence-electron chi connectivity index (χ2n) is 3.58. The molecule has 0 aliphatic carbocycles. The van der Waals surface area contributed by atoms with E-state index >= 15 is 0 Å². The van der Waals surface area contributed by atoms with Crippen LogP contribution in [0.2, 0.25) is 0 Å². The molecule has 2 nitrogen and oxygen atoms in total. The lowest BCUT2D eigenvalue weighted by Gasteiger charge is -2.32. The van der Waals surface area contributed by atoms with Crippen LogP contribution in [-0.2, 0) is 4.79 Å². The molecule has 0 aromatic heterocycles. The van der Waals surface area contributed by atoms with E-state index in [1.54, 1.807) is 6.92 Å². The third kappa shape index (κ3) is 2.41. The van der Waals surface area contributed by atoms with Gasteiger partial charge in [-0.1, -0.05) is 6.92 Å². The Hall–Kier alpha value is -0.180. The van der Waals surface area contributed by atoms with Gasteiger partial charge in [0.2, 0.25) is 5.91 Å². The van der Waals surface area contributed by atoms with Gasteiger partial charge in [0.1, 0.15) is 0 Å². The Bertz CT molecular complexity index is 162. The summed E-state index contributed by atoms with van der Waals surface area (Å²) in [4.78, 5) is 12.9. The minimum atomic E-state index is 0.209. The van der Waals surface area contributed by atoms with Crippen molar-refractivity contribution in [3.05, 3.63) is 0 Å². The minimum absolute atomic E-state index is 0.209. The molecule has 1 aliphatic heterocycles. The molecular weight excluding hydrogens is 170 g/mol. The molecule has 70 valence electrons. The van der Waals surface area contributed by atoms with E-state index < -0.39 is 0 Å². The Morgan fingerprint density at radius 1 is 1.50 bits per heavy atom. The van der Waals surface area contributed by atoms with Gasteiger partial charge in [-0.05, 0) is 18.8 Å². The Morgan fingerprint density at radius 3 is 2.33 bits per heavy atom. The monoisotopic (exact) mass is 187 g/mol. The molecule has 1 unspecified atom stereocenters. The van der Waals surface area contributed by atoms with E-state index in [0.717, 1.165) is 25.9 Å². The number of carbonyl (C=O) groups excluding carboxylic acids is 1. The smallest absolute Gasteiger partial charge is 0.219 e. The number of nitrogens with zero attached hydrogens (tertiary/aromatic N) is 1. The highest BCUT2D eigenvalue weighted by molar-refractivity contribution is 7.80. The van der Waals surface area contributed by atoms with Gasteiger partial charge in [0.25, 0.3) is 0 Å². The van der Waals surface area contributed by atoms with E-state index in [2.05, 4.69) is 19.6 Å². The molecule has 1 atom stereocenters. The van der Waals surface area contributed by atoms with Crippen LogP contribution in [0.3, 0.4) is 0 Å². The molecule has 3 heteroatoms. The van der Waals surface area contributed by atoms with Gasteiger partial charge >= 0.3 is 0 Å². The highest BCUT2D eigenvalue weighted by Gasteiger charge is 2.22. The van der Waals surface area contributed by atoms with Gasteiger partial charge in [0.15, 0.2) is 0 Å². The fourth-order valence-corrected chi connectivity index (χ4v) is 1.99. The summed E-state index contributed by atoms with van der Waals surface area (Å²) in [6, 6.07) is 0. The molecule has 1 heterocycles. The number of piperidine rings is 1. The highest BCUT2D eigenvalue weighted by atomic mass is 32.1. The van der Waals surface area contributed by atoms with Crippen molar-refractivity contribution in [3.63, 3.8) is 0 Å². The number of amides is 1. The maximum absolute atomic E-state index is 11.0. The number of carbonyl (C=O) groups is 1. The molecule has 0 saturated carbocycles. The van der Waals surface area contributed by atoms with E-state index in [1.807, 2.05) is 4.90 Å². The van der Waals surface area contributed by atoms with Crippen LogP contribution in [0.5, 0.6) is 0 Å². The summed E-state index contributed by atoms with van der Waals surface area (Å²) in [6.07, 6.45) is 2.23. The molecule has 0 N–H and O–H groups in total.